The second kappa shape index (κ2) is 14.9. The SMILES string of the molecule is C=C(O)CC(C)(C)CC(=C)O[C@H]1CC[C@]2(C)[C@H]3CCC4(N)[C@H]5[C@H](C(=C)C)CC[C@]5(CC(=C)N5CC[C@H](CC(=O)CC(C)(C)C)C5)CC[C@@]4(C)[C@]3(C)CC[C@H]2C1(C)C. The predicted octanol–water partition coefficient (Wildman–Crippen LogP) is 13.1. The van der Waals surface area contributed by atoms with Gasteiger partial charge in [-0.1, -0.05) is 101 Å². The van der Waals surface area contributed by atoms with E-state index >= 15 is 0 Å². The van der Waals surface area contributed by atoms with Crippen molar-refractivity contribution >= 4 is 5.78 Å². The molecule has 1 heterocycles. The summed E-state index contributed by atoms with van der Waals surface area (Å²) in [5, 5.41) is 9.92. The van der Waals surface area contributed by atoms with Gasteiger partial charge in [0, 0.05) is 55.4 Å². The number of hydrogen-bond acceptors (Lipinski definition) is 5. The van der Waals surface area contributed by atoms with Gasteiger partial charge < -0.3 is 20.5 Å². The molecule has 5 saturated carbocycles. The Bertz CT molecular complexity index is 1620. The highest BCUT2D eigenvalue weighted by atomic mass is 16.5. The van der Waals surface area contributed by atoms with Crippen LogP contribution in [0, 0.1) is 67.5 Å². The molecule has 5 nitrogen and oxygen atoms in total. The monoisotopic (exact) mass is 787 g/mol. The Morgan fingerprint density at radius 3 is 2.12 bits per heavy atom. The molecule has 6 aliphatic rings. The van der Waals surface area contributed by atoms with Crippen molar-refractivity contribution in [2.45, 2.75) is 191 Å². The molecular formula is C52H86N2O3. The number of nitrogens with zero attached hydrogens (tertiary/aromatic N) is 1. The summed E-state index contributed by atoms with van der Waals surface area (Å²) < 4.78 is 6.84. The summed E-state index contributed by atoms with van der Waals surface area (Å²) in [6.45, 7) is 45.7. The molecule has 6 fully saturated rings. The minimum atomic E-state index is -0.257. The van der Waals surface area contributed by atoms with Gasteiger partial charge in [-0.05, 0) is 146 Å². The largest absolute Gasteiger partial charge is 0.513 e. The van der Waals surface area contributed by atoms with Crippen molar-refractivity contribution in [2.75, 3.05) is 13.1 Å². The van der Waals surface area contributed by atoms with Crippen LogP contribution in [0.3, 0.4) is 0 Å². The van der Waals surface area contributed by atoms with E-state index in [-0.39, 0.29) is 55.3 Å². The van der Waals surface area contributed by atoms with E-state index in [4.69, 9.17) is 17.0 Å². The van der Waals surface area contributed by atoms with Crippen molar-refractivity contribution in [3.63, 3.8) is 0 Å². The molecule has 57 heavy (non-hydrogen) atoms. The molecular weight excluding hydrogens is 701 g/mol. The molecule has 1 saturated heterocycles. The van der Waals surface area contributed by atoms with Crippen LogP contribution in [0.25, 0.3) is 0 Å². The number of ether oxygens (including phenoxy) is 1. The summed E-state index contributed by atoms with van der Waals surface area (Å²) in [7, 11) is 0. The van der Waals surface area contributed by atoms with Crippen molar-refractivity contribution in [3.8, 4) is 0 Å². The maximum absolute atomic E-state index is 13.0. The first-order valence-corrected chi connectivity index (χ1v) is 23.2. The molecule has 0 amide bonds. The summed E-state index contributed by atoms with van der Waals surface area (Å²) >= 11 is 0. The first-order valence-electron chi connectivity index (χ1n) is 23.2. The van der Waals surface area contributed by atoms with Gasteiger partial charge in [0.15, 0.2) is 0 Å². The molecule has 1 unspecified atom stereocenters. The number of carbonyl (C=O) groups is 1. The van der Waals surface area contributed by atoms with Gasteiger partial charge in [0.1, 0.15) is 11.9 Å². The summed E-state index contributed by atoms with van der Waals surface area (Å²) in [5.74, 6) is 3.98. The highest BCUT2D eigenvalue weighted by Gasteiger charge is 2.75. The second-order valence-corrected chi connectivity index (χ2v) is 24.7. The third kappa shape index (κ3) is 7.66. The quantitative estimate of drug-likeness (QED) is 0.144. The highest BCUT2D eigenvalue weighted by Crippen LogP contribution is 2.78. The van der Waals surface area contributed by atoms with Crippen LogP contribution in [0.15, 0.2) is 49.1 Å². The topological polar surface area (TPSA) is 75.8 Å². The van der Waals surface area contributed by atoms with Crippen LogP contribution in [-0.4, -0.2) is 40.5 Å². The fraction of sp³-hybridized carbons (Fsp3) is 0.827. The fourth-order valence-electron chi connectivity index (χ4n) is 16.1. The molecule has 0 spiro atoms. The van der Waals surface area contributed by atoms with E-state index < -0.39 is 0 Å². The molecule has 0 bridgehead atoms. The van der Waals surface area contributed by atoms with Crippen molar-refractivity contribution < 1.29 is 14.6 Å². The second-order valence-electron chi connectivity index (χ2n) is 24.7. The lowest BCUT2D eigenvalue weighted by atomic mass is 9.30. The van der Waals surface area contributed by atoms with Gasteiger partial charge in [-0.25, -0.2) is 0 Å². The van der Waals surface area contributed by atoms with Gasteiger partial charge in [-0.15, -0.1) is 0 Å². The zero-order chi connectivity index (χ0) is 42.4. The average Bonchev–Trinajstić information content (AvgIpc) is 3.68. The van der Waals surface area contributed by atoms with E-state index in [1.807, 2.05) is 0 Å². The summed E-state index contributed by atoms with van der Waals surface area (Å²) in [4.78, 5) is 15.5. The number of aliphatic hydroxyl groups is 1. The van der Waals surface area contributed by atoms with Crippen LogP contribution in [0.1, 0.15) is 179 Å². The Morgan fingerprint density at radius 1 is 0.825 bits per heavy atom. The predicted molar refractivity (Wildman–Crippen MR) is 238 cm³/mol. The lowest BCUT2D eigenvalue weighted by Crippen LogP contribution is -2.76. The Kier molecular flexibility index (Phi) is 11.6. The summed E-state index contributed by atoms with van der Waals surface area (Å²) in [6.07, 6.45) is 16.7. The third-order valence-electron chi connectivity index (χ3n) is 18.6. The number of hydrogen-bond donors (Lipinski definition) is 2. The molecule has 0 aromatic heterocycles. The number of aliphatic hydroxyl groups excluding tert-OH is 1. The van der Waals surface area contributed by atoms with E-state index in [1.54, 1.807) is 0 Å². The number of fused-ring (bicyclic) bond motifs is 7. The van der Waals surface area contributed by atoms with E-state index in [1.165, 1.54) is 62.6 Å². The number of nitrogens with two attached hydrogens (primary N) is 1. The normalized spacial score (nSPS) is 41.3. The van der Waals surface area contributed by atoms with Crippen LogP contribution in [0.5, 0.6) is 0 Å². The maximum atomic E-state index is 13.0. The van der Waals surface area contributed by atoms with Gasteiger partial charge in [-0.3, -0.25) is 4.79 Å². The van der Waals surface area contributed by atoms with Crippen molar-refractivity contribution in [1.29, 1.82) is 0 Å². The van der Waals surface area contributed by atoms with Crippen molar-refractivity contribution in [3.05, 3.63) is 49.1 Å². The van der Waals surface area contributed by atoms with Gasteiger partial charge in [0.25, 0.3) is 0 Å². The molecule has 5 aliphatic carbocycles. The van der Waals surface area contributed by atoms with Gasteiger partial charge >= 0.3 is 0 Å². The van der Waals surface area contributed by atoms with Crippen molar-refractivity contribution in [2.24, 2.45) is 73.2 Å². The van der Waals surface area contributed by atoms with Crippen LogP contribution in [0.4, 0.5) is 0 Å². The Balaban J connectivity index is 1.21. The van der Waals surface area contributed by atoms with Crippen LogP contribution < -0.4 is 5.73 Å². The highest BCUT2D eigenvalue weighted by molar-refractivity contribution is 5.79. The number of allylic oxidation sites excluding steroid dienone is 4. The standard InChI is InChI=1S/C52H86N2O3/c1-34(2)40-16-23-51(29-35(3)54-27-20-38(33-54)28-39(56)32-45(6,7)8)26-25-50(15)49(14)22-17-41-47(11,12)43(57-37(5)31-46(9,10)30-36(4)55)19-21-48(41,13)42(49)18-24-52(50,53)44(40)51/h38,40-44,55H,1,3-5,16-33,53H2,2,6-15H3/t38-,40+,41+,42-,43+,44+,48+,49-,50+,51-,52?/m1/s1. The summed E-state index contributed by atoms with van der Waals surface area (Å²) in [5.41, 5.74) is 11.1. The van der Waals surface area contributed by atoms with E-state index in [0.717, 1.165) is 51.0 Å². The minimum Gasteiger partial charge on any atom is -0.513 e. The number of Topliss-reactive ketones (excluding diaryl/α,β-unsaturated/α-hetero) is 1. The number of rotatable bonds is 13. The molecule has 5 heteroatoms. The van der Waals surface area contributed by atoms with Crippen molar-refractivity contribution in [1.82, 2.24) is 4.90 Å². The maximum Gasteiger partial charge on any atom is 0.133 e. The molecule has 1 aliphatic heterocycles. The third-order valence-corrected chi connectivity index (χ3v) is 18.6. The number of likely N-dealkylation sites (tertiary alicyclic amines) is 1. The van der Waals surface area contributed by atoms with Gasteiger partial charge in [0.2, 0.25) is 0 Å². The zero-order valence-corrected chi connectivity index (χ0v) is 38.8. The number of ketones is 1. The molecule has 6 rings (SSSR count). The molecule has 0 radical (unpaired) electrons. The molecule has 322 valence electrons. The number of carbonyl (C=O) groups excluding carboxylic acids is 1. The molecule has 0 aromatic rings. The molecule has 11 atom stereocenters. The Hall–Kier alpha value is -2.01. The van der Waals surface area contributed by atoms with Crippen LogP contribution >= 0.6 is 0 Å². The van der Waals surface area contributed by atoms with Gasteiger partial charge in [0.05, 0.1) is 11.5 Å². The lowest BCUT2D eigenvalue weighted by Gasteiger charge is -2.76. The average molecular weight is 787 g/mol. The summed E-state index contributed by atoms with van der Waals surface area (Å²) in [6, 6.07) is 0. The minimum absolute atomic E-state index is 0.0210. The van der Waals surface area contributed by atoms with Gasteiger partial charge in [-0.2, -0.15) is 0 Å². The first kappa shape index (κ1) is 44.5. The van der Waals surface area contributed by atoms with Crippen LogP contribution in [0.2, 0.25) is 0 Å². The lowest BCUT2D eigenvalue weighted by molar-refractivity contribution is -0.255. The molecule has 3 N–H and O–H groups in total. The fourth-order valence-corrected chi connectivity index (χ4v) is 16.1. The Labute approximate surface area is 350 Å². The van der Waals surface area contributed by atoms with E-state index in [0.29, 0.717) is 54.6 Å². The van der Waals surface area contributed by atoms with E-state index in [2.05, 4.69) is 101 Å². The van der Waals surface area contributed by atoms with E-state index in [9.17, 15) is 9.90 Å². The van der Waals surface area contributed by atoms with Crippen LogP contribution in [-0.2, 0) is 9.53 Å². The Morgan fingerprint density at radius 2 is 1.49 bits per heavy atom. The first-order chi connectivity index (χ1) is 26.1. The smallest absolute Gasteiger partial charge is 0.133 e. The zero-order valence-electron chi connectivity index (χ0n) is 38.8. The molecule has 0 aromatic carbocycles.